The molecule has 2 unspecified atom stereocenters. The van der Waals surface area contributed by atoms with E-state index in [1.807, 2.05) is 20.8 Å². The zero-order valence-corrected chi connectivity index (χ0v) is 21.3. The Balaban J connectivity index is 1.25. The van der Waals surface area contributed by atoms with Gasteiger partial charge in [-0.25, -0.2) is 0 Å². The average Bonchev–Trinajstić information content (AvgIpc) is 2.92. The third-order valence-corrected chi connectivity index (χ3v) is 7.83. The fraction of sp³-hybridized carbons (Fsp3) is 0.375. The third-order valence-electron chi connectivity index (χ3n) is 7.83. The molecule has 2 atom stereocenters. The Labute approximate surface area is 212 Å². The minimum Gasteiger partial charge on any atom is -0.462 e. The Bertz CT molecular complexity index is 1410. The average molecular weight is 483 g/mol. The zero-order valence-electron chi connectivity index (χ0n) is 21.3. The minimum atomic E-state index is -0.324. The molecule has 0 aliphatic heterocycles. The maximum Gasteiger partial charge on any atom is 0.309 e. The quantitative estimate of drug-likeness (QED) is 0.207. The van der Waals surface area contributed by atoms with Crippen molar-refractivity contribution in [3.8, 4) is 0 Å². The van der Waals surface area contributed by atoms with Gasteiger partial charge >= 0.3 is 11.9 Å². The number of esters is 2. The summed E-state index contributed by atoms with van der Waals surface area (Å²) in [5.41, 5.74) is 0.993. The number of fused-ring (bicyclic) bond motifs is 5. The van der Waals surface area contributed by atoms with Crippen LogP contribution < -0.4 is 0 Å². The van der Waals surface area contributed by atoms with Crippen molar-refractivity contribution in [2.24, 2.45) is 11.8 Å². The number of rotatable bonds is 6. The summed E-state index contributed by atoms with van der Waals surface area (Å²) >= 11 is 0. The Morgan fingerprint density at radius 3 is 2.17 bits per heavy atom. The lowest BCUT2D eigenvalue weighted by Gasteiger charge is -2.28. The molecule has 0 spiro atoms. The first-order chi connectivity index (χ1) is 17.4. The van der Waals surface area contributed by atoms with Crippen molar-refractivity contribution in [2.75, 3.05) is 0 Å². The van der Waals surface area contributed by atoms with Gasteiger partial charge in [0.2, 0.25) is 0 Å². The molecule has 0 amide bonds. The van der Waals surface area contributed by atoms with Crippen LogP contribution in [0.5, 0.6) is 0 Å². The number of carbonyl (C=O) groups is 2. The second kappa shape index (κ2) is 10.3. The maximum atomic E-state index is 12.9. The lowest BCUT2D eigenvalue weighted by atomic mass is 9.87. The van der Waals surface area contributed by atoms with E-state index in [9.17, 15) is 9.59 Å². The van der Waals surface area contributed by atoms with Gasteiger partial charge in [-0.2, -0.15) is 0 Å². The molecule has 0 N–H and O–H groups in total. The van der Waals surface area contributed by atoms with E-state index in [-0.39, 0.29) is 36.0 Å². The number of ether oxygens (including phenoxy) is 2. The van der Waals surface area contributed by atoms with Crippen molar-refractivity contribution in [3.63, 3.8) is 0 Å². The molecule has 0 aromatic heterocycles. The normalized spacial score (nSPS) is 19.8. The SMILES string of the molecule is CCC(C)C(=O)OC1CCC(C(=O)OC(C)c2ccc3c(ccc4c5ccccc5ccc34)c2)CC1. The van der Waals surface area contributed by atoms with Crippen molar-refractivity contribution in [1.29, 1.82) is 0 Å². The molecule has 0 radical (unpaired) electrons. The van der Waals surface area contributed by atoms with E-state index < -0.39 is 0 Å². The molecule has 1 aliphatic carbocycles. The predicted octanol–water partition coefficient (Wildman–Crippen LogP) is 7.90. The number of carbonyl (C=O) groups excluding carboxylic acids is 2. The van der Waals surface area contributed by atoms with Gasteiger partial charge in [-0.3, -0.25) is 9.59 Å². The Kier molecular flexibility index (Phi) is 6.95. The summed E-state index contributed by atoms with van der Waals surface area (Å²) in [5.74, 6) is -0.495. The van der Waals surface area contributed by atoms with Crippen LogP contribution in [0, 0.1) is 11.8 Å². The van der Waals surface area contributed by atoms with Crippen LogP contribution in [0.25, 0.3) is 32.3 Å². The lowest BCUT2D eigenvalue weighted by molar-refractivity contribution is -0.159. The van der Waals surface area contributed by atoms with E-state index in [4.69, 9.17) is 9.47 Å². The first kappa shape index (κ1) is 24.3. The highest BCUT2D eigenvalue weighted by molar-refractivity contribution is 6.17. The second-order valence-corrected chi connectivity index (χ2v) is 10.2. The molecule has 0 heterocycles. The molecule has 0 saturated heterocycles. The number of benzene rings is 4. The van der Waals surface area contributed by atoms with Gasteiger partial charge < -0.3 is 9.47 Å². The van der Waals surface area contributed by atoms with Crippen molar-refractivity contribution in [2.45, 2.75) is 65.1 Å². The Morgan fingerprint density at radius 1 is 0.806 bits per heavy atom. The Hall–Kier alpha value is -3.40. The van der Waals surface area contributed by atoms with Crippen LogP contribution >= 0.6 is 0 Å². The highest BCUT2D eigenvalue weighted by Crippen LogP contribution is 2.34. The summed E-state index contributed by atoms with van der Waals surface area (Å²) in [6.45, 7) is 5.82. The van der Waals surface area contributed by atoms with Gasteiger partial charge in [0.1, 0.15) is 12.2 Å². The third kappa shape index (κ3) is 4.82. The standard InChI is InChI=1S/C32H34O4/c1-4-20(2)31(33)36-26-14-9-23(10-15-26)32(34)35-21(3)24-12-16-28-25(19-24)13-18-29-27-8-6-5-7-22(27)11-17-30(28)29/h5-8,11-13,16-21,23,26H,4,9-10,14-15H2,1-3H3. The molecule has 5 rings (SSSR count). The first-order valence-electron chi connectivity index (χ1n) is 13.2. The molecule has 1 fully saturated rings. The van der Waals surface area contributed by atoms with E-state index >= 15 is 0 Å². The molecule has 1 saturated carbocycles. The van der Waals surface area contributed by atoms with Crippen LogP contribution in [0.15, 0.2) is 66.7 Å². The molecule has 36 heavy (non-hydrogen) atoms. The monoisotopic (exact) mass is 482 g/mol. The van der Waals surface area contributed by atoms with Crippen LogP contribution in [0.4, 0.5) is 0 Å². The van der Waals surface area contributed by atoms with E-state index in [1.165, 1.54) is 26.9 Å². The smallest absolute Gasteiger partial charge is 0.309 e. The molecular weight excluding hydrogens is 448 g/mol. The van der Waals surface area contributed by atoms with Gasteiger partial charge in [0.15, 0.2) is 0 Å². The van der Waals surface area contributed by atoms with Crippen LogP contribution in [-0.2, 0) is 19.1 Å². The summed E-state index contributed by atoms with van der Waals surface area (Å²) in [6.07, 6.45) is 3.20. The Morgan fingerprint density at radius 2 is 1.44 bits per heavy atom. The number of hydrogen-bond acceptors (Lipinski definition) is 4. The largest absolute Gasteiger partial charge is 0.462 e. The van der Waals surface area contributed by atoms with Gasteiger partial charge in [-0.15, -0.1) is 0 Å². The molecule has 186 valence electrons. The van der Waals surface area contributed by atoms with E-state index in [1.54, 1.807) is 0 Å². The van der Waals surface area contributed by atoms with Crippen LogP contribution in [0.3, 0.4) is 0 Å². The molecular formula is C32H34O4. The zero-order chi connectivity index (χ0) is 25.2. The lowest BCUT2D eigenvalue weighted by Crippen LogP contribution is -2.30. The molecule has 0 bridgehead atoms. The molecule has 4 heteroatoms. The number of hydrogen-bond donors (Lipinski definition) is 0. The molecule has 4 aromatic rings. The summed E-state index contributed by atoms with van der Waals surface area (Å²) in [4.78, 5) is 25.0. The van der Waals surface area contributed by atoms with Crippen LogP contribution in [0.1, 0.15) is 64.5 Å². The highest BCUT2D eigenvalue weighted by atomic mass is 16.5. The predicted molar refractivity (Wildman–Crippen MR) is 145 cm³/mol. The van der Waals surface area contributed by atoms with Gasteiger partial charge in [0, 0.05) is 0 Å². The van der Waals surface area contributed by atoms with E-state index in [0.29, 0.717) is 25.7 Å². The van der Waals surface area contributed by atoms with E-state index in [2.05, 4.69) is 66.7 Å². The van der Waals surface area contributed by atoms with E-state index in [0.717, 1.165) is 17.4 Å². The van der Waals surface area contributed by atoms with Gasteiger partial charge in [-0.1, -0.05) is 74.5 Å². The maximum absolute atomic E-state index is 12.9. The van der Waals surface area contributed by atoms with Crippen molar-refractivity contribution >= 4 is 44.3 Å². The summed E-state index contributed by atoms with van der Waals surface area (Å²) in [7, 11) is 0. The first-order valence-corrected chi connectivity index (χ1v) is 13.2. The second-order valence-electron chi connectivity index (χ2n) is 10.2. The van der Waals surface area contributed by atoms with Crippen molar-refractivity contribution in [3.05, 3.63) is 72.3 Å². The van der Waals surface area contributed by atoms with Gasteiger partial charge in [-0.05, 0) is 83.0 Å². The molecule has 4 aromatic carbocycles. The van der Waals surface area contributed by atoms with Gasteiger partial charge in [0.25, 0.3) is 0 Å². The summed E-state index contributed by atoms with van der Waals surface area (Å²) in [6, 6.07) is 23.5. The molecule has 1 aliphatic rings. The fourth-order valence-electron chi connectivity index (χ4n) is 5.30. The minimum absolute atomic E-state index is 0.0761. The van der Waals surface area contributed by atoms with Crippen molar-refractivity contribution < 1.29 is 19.1 Å². The van der Waals surface area contributed by atoms with Crippen molar-refractivity contribution in [1.82, 2.24) is 0 Å². The molecule has 4 nitrogen and oxygen atoms in total. The highest BCUT2D eigenvalue weighted by Gasteiger charge is 2.31. The van der Waals surface area contributed by atoms with Crippen LogP contribution in [0.2, 0.25) is 0 Å². The van der Waals surface area contributed by atoms with Gasteiger partial charge in [0.05, 0.1) is 11.8 Å². The topological polar surface area (TPSA) is 52.6 Å². The summed E-state index contributed by atoms with van der Waals surface area (Å²) < 4.78 is 11.5. The fourth-order valence-corrected chi connectivity index (χ4v) is 5.30. The summed E-state index contributed by atoms with van der Waals surface area (Å²) in [5, 5.41) is 7.32. The van der Waals surface area contributed by atoms with Crippen LogP contribution in [-0.4, -0.2) is 18.0 Å².